The number of hydrogen-bond acceptors (Lipinski definition) is 3. The van der Waals surface area contributed by atoms with E-state index in [1.165, 1.54) is 48.5 Å². The summed E-state index contributed by atoms with van der Waals surface area (Å²) in [7, 11) is 0. The zero-order chi connectivity index (χ0) is 44.0. The Bertz CT molecular complexity index is 4270. The first-order valence-electron chi connectivity index (χ1n) is 22.8. The molecule has 0 aliphatic carbocycles. The van der Waals surface area contributed by atoms with Gasteiger partial charge in [0.05, 0.1) is 33.5 Å². The minimum atomic E-state index is 0.701. The van der Waals surface area contributed by atoms with Crippen LogP contribution in [-0.2, 0) is 0 Å². The summed E-state index contributed by atoms with van der Waals surface area (Å²) < 4.78 is 2.41. The predicted octanol–water partition coefficient (Wildman–Crippen LogP) is 16.6. The van der Waals surface area contributed by atoms with Crippen molar-refractivity contribution in [1.29, 1.82) is 0 Å². The number of para-hydroxylation sites is 2. The lowest BCUT2D eigenvalue weighted by atomic mass is 9.92. The Balaban J connectivity index is 0.899. The second kappa shape index (κ2) is 14.8. The molecule has 4 heteroatoms. The molecule has 0 spiro atoms. The van der Waals surface area contributed by atoms with E-state index in [-0.39, 0.29) is 0 Å². The van der Waals surface area contributed by atoms with E-state index in [9.17, 15) is 0 Å². The van der Waals surface area contributed by atoms with E-state index >= 15 is 0 Å². The van der Waals surface area contributed by atoms with Crippen LogP contribution in [0.4, 0.5) is 0 Å². The number of hydrogen-bond donors (Lipinski definition) is 0. The van der Waals surface area contributed by atoms with Crippen molar-refractivity contribution in [2.45, 2.75) is 0 Å². The van der Waals surface area contributed by atoms with Gasteiger partial charge in [0.15, 0.2) is 5.82 Å². The number of pyridine rings is 1. The normalized spacial score (nSPS) is 11.9. The van der Waals surface area contributed by atoms with Crippen molar-refractivity contribution in [2.24, 2.45) is 0 Å². The average molecular weight is 851 g/mol. The Morgan fingerprint density at radius 3 is 1.46 bits per heavy atom. The molecule has 0 fully saturated rings. The summed E-state index contributed by atoms with van der Waals surface area (Å²) in [5.74, 6) is 0.701. The highest BCUT2D eigenvalue weighted by Gasteiger charge is 2.19. The van der Waals surface area contributed by atoms with Gasteiger partial charge in [-0.2, -0.15) is 0 Å². The maximum atomic E-state index is 5.36. The van der Waals surface area contributed by atoms with Crippen LogP contribution < -0.4 is 0 Å². The van der Waals surface area contributed by atoms with Gasteiger partial charge >= 0.3 is 0 Å². The summed E-state index contributed by atoms with van der Waals surface area (Å²) in [6.07, 6.45) is 0. The minimum Gasteiger partial charge on any atom is -0.309 e. The molecule has 3 heterocycles. The largest absolute Gasteiger partial charge is 0.309 e. The fraction of sp³-hybridized carbons (Fsp3) is 0. The van der Waals surface area contributed by atoms with Crippen LogP contribution in [-0.4, -0.2) is 19.5 Å². The third-order valence-corrected chi connectivity index (χ3v) is 13.7. The Kier molecular flexibility index (Phi) is 8.25. The van der Waals surface area contributed by atoms with Gasteiger partial charge in [-0.05, 0) is 91.3 Å². The van der Waals surface area contributed by atoms with Crippen LogP contribution in [0, 0.1) is 0 Å². The van der Waals surface area contributed by atoms with Gasteiger partial charge in [0.1, 0.15) is 0 Å². The van der Waals surface area contributed by atoms with Gasteiger partial charge in [-0.15, -0.1) is 0 Å². The molecule has 0 bridgehead atoms. The standard InChI is InChI=1S/C63H38N4/c1-3-15-40(16-4-1)61-52-24-12-11-23-49(52)55-38-60-56(37-58(55)64-61)51-34-31-42(36-59(51)67(60)44-17-5-2-6-18-44)39-27-29-41(30-28-39)63-65-57-26-14-13-25-53(57)62(66-63)43-32-33-50-47-21-8-7-19-45(47)46-20-9-10-22-48(46)54(50)35-43/h1-38H. The number of nitrogens with zero attached hydrogens (tertiary/aromatic N) is 4. The summed E-state index contributed by atoms with van der Waals surface area (Å²) in [6, 6.07) is 82.7. The van der Waals surface area contributed by atoms with Crippen LogP contribution in [0.2, 0.25) is 0 Å². The summed E-state index contributed by atoms with van der Waals surface area (Å²) >= 11 is 0. The molecule has 0 unspecified atom stereocenters. The van der Waals surface area contributed by atoms with Crippen molar-refractivity contribution >= 4 is 86.7 Å². The molecule has 0 atom stereocenters. The van der Waals surface area contributed by atoms with E-state index in [1.807, 2.05) is 0 Å². The van der Waals surface area contributed by atoms with E-state index in [0.29, 0.717) is 5.82 Å². The second-order valence-electron chi connectivity index (χ2n) is 17.5. The van der Waals surface area contributed by atoms with Crippen molar-refractivity contribution in [3.63, 3.8) is 0 Å². The van der Waals surface area contributed by atoms with Crippen LogP contribution in [0.15, 0.2) is 231 Å². The lowest BCUT2D eigenvalue weighted by Crippen LogP contribution is -1.96. The van der Waals surface area contributed by atoms with Crippen LogP contribution in [0.5, 0.6) is 0 Å². The van der Waals surface area contributed by atoms with Gasteiger partial charge in [-0.1, -0.05) is 188 Å². The van der Waals surface area contributed by atoms with Gasteiger partial charge in [0.2, 0.25) is 0 Å². The summed E-state index contributed by atoms with van der Waals surface area (Å²) in [5.41, 5.74) is 12.6. The summed E-state index contributed by atoms with van der Waals surface area (Å²) in [5, 5.41) is 14.4. The quantitative estimate of drug-likeness (QED) is 0.162. The highest BCUT2D eigenvalue weighted by molar-refractivity contribution is 6.26. The third kappa shape index (κ3) is 5.90. The molecular formula is C63H38N4. The summed E-state index contributed by atoms with van der Waals surface area (Å²) in [6.45, 7) is 0. The molecule has 14 aromatic rings. The van der Waals surface area contributed by atoms with Crippen LogP contribution >= 0.6 is 0 Å². The molecule has 0 aliphatic heterocycles. The Labute approximate surface area is 385 Å². The lowest BCUT2D eigenvalue weighted by molar-refractivity contribution is 1.18. The van der Waals surface area contributed by atoms with Crippen molar-refractivity contribution in [2.75, 3.05) is 0 Å². The molecule has 14 rings (SSSR count). The molecule has 0 amide bonds. The minimum absolute atomic E-state index is 0.701. The molecule has 67 heavy (non-hydrogen) atoms. The zero-order valence-corrected chi connectivity index (χ0v) is 36.2. The molecule has 0 N–H and O–H groups in total. The molecule has 3 aromatic heterocycles. The fourth-order valence-corrected chi connectivity index (χ4v) is 10.6. The highest BCUT2D eigenvalue weighted by atomic mass is 15.0. The second-order valence-corrected chi connectivity index (χ2v) is 17.5. The molecule has 0 aliphatic rings. The van der Waals surface area contributed by atoms with Crippen LogP contribution in [0.1, 0.15) is 0 Å². The van der Waals surface area contributed by atoms with Crippen molar-refractivity contribution in [1.82, 2.24) is 19.5 Å². The Hall–Kier alpha value is -8.99. The molecule has 0 saturated heterocycles. The van der Waals surface area contributed by atoms with E-state index in [2.05, 4.69) is 235 Å². The average Bonchev–Trinajstić information content (AvgIpc) is 3.72. The van der Waals surface area contributed by atoms with E-state index in [1.54, 1.807) is 0 Å². The maximum Gasteiger partial charge on any atom is 0.160 e. The lowest BCUT2D eigenvalue weighted by Gasteiger charge is -2.13. The summed E-state index contributed by atoms with van der Waals surface area (Å²) in [4.78, 5) is 15.9. The maximum absolute atomic E-state index is 5.36. The fourth-order valence-electron chi connectivity index (χ4n) is 10.6. The number of benzene rings is 11. The zero-order valence-electron chi connectivity index (χ0n) is 36.2. The number of fused-ring (bicyclic) bond motifs is 13. The monoisotopic (exact) mass is 850 g/mol. The molecular weight excluding hydrogens is 813 g/mol. The highest BCUT2D eigenvalue weighted by Crippen LogP contribution is 2.42. The first kappa shape index (κ1) is 37.4. The van der Waals surface area contributed by atoms with Gasteiger partial charge in [0.25, 0.3) is 0 Å². The predicted molar refractivity (Wildman–Crippen MR) is 281 cm³/mol. The smallest absolute Gasteiger partial charge is 0.160 e. The first-order chi connectivity index (χ1) is 33.2. The molecule has 0 saturated carbocycles. The molecule has 11 aromatic carbocycles. The van der Waals surface area contributed by atoms with Crippen molar-refractivity contribution in [3.8, 4) is 50.7 Å². The van der Waals surface area contributed by atoms with E-state index in [0.717, 1.165) is 83.1 Å². The van der Waals surface area contributed by atoms with Crippen molar-refractivity contribution < 1.29 is 0 Å². The van der Waals surface area contributed by atoms with Gasteiger partial charge in [-0.3, -0.25) is 0 Å². The van der Waals surface area contributed by atoms with Crippen LogP contribution in [0.25, 0.3) is 137 Å². The third-order valence-electron chi connectivity index (χ3n) is 13.7. The SMILES string of the molecule is c1ccc(-c2nc3cc4c5ccc(-c6ccc(-c7nc(-c8ccc9c%10ccccc%10c%10ccccc%10c9c8)c8ccccc8n7)cc6)cc5n(-c5ccccc5)c4cc3c3ccccc23)cc1. The van der Waals surface area contributed by atoms with Gasteiger partial charge in [0, 0.05) is 49.3 Å². The van der Waals surface area contributed by atoms with E-state index in [4.69, 9.17) is 15.0 Å². The number of aromatic nitrogens is 4. The molecule has 310 valence electrons. The van der Waals surface area contributed by atoms with E-state index < -0.39 is 0 Å². The Morgan fingerprint density at radius 1 is 0.239 bits per heavy atom. The van der Waals surface area contributed by atoms with Gasteiger partial charge < -0.3 is 4.57 Å². The molecule has 0 radical (unpaired) electrons. The van der Waals surface area contributed by atoms with Crippen molar-refractivity contribution in [3.05, 3.63) is 231 Å². The van der Waals surface area contributed by atoms with Crippen LogP contribution in [0.3, 0.4) is 0 Å². The van der Waals surface area contributed by atoms with Gasteiger partial charge in [-0.25, -0.2) is 15.0 Å². The molecule has 4 nitrogen and oxygen atoms in total. The Morgan fingerprint density at radius 2 is 0.746 bits per heavy atom. The number of rotatable bonds is 5. The first-order valence-corrected chi connectivity index (χ1v) is 22.8. The topological polar surface area (TPSA) is 43.6 Å².